The summed E-state index contributed by atoms with van der Waals surface area (Å²) in [6.45, 7) is 1.84. The molecule has 0 saturated carbocycles. The van der Waals surface area contributed by atoms with Crippen molar-refractivity contribution in [2.75, 3.05) is 0 Å². The van der Waals surface area contributed by atoms with E-state index in [4.69, 9.17) is 10.9 Å². The van der Waals surface area contributed by atoms with Gasteiger partial charge in [-0.05, 0) is 18.6 Å². The van der Waals surface area contributed by atoms with Crippen LogP contribution in [0.25, 0.3) is 10.9 Å². The number of ketones is 1. The Morgan fingerprint density at radius 1 is 1.29 bits per heavy atom. The van der Waals surface area contributed by atoms with Crippen LogP contribution in [0.1, 0.15) is 30.3 Å². The summed E-state index contributed by atoms with van der Waals surface area (Å²) in [5, 5.41) is 8.79. The number of nitrogens with two attached hydrogens (primary N) is 1. The Balaban J connectivity index is 0.000000315. The van der Waals surface area contributed by atoms with E-state index in [0.717, 1.165) is 17.3 Å². The van der Waals surface area contributed by atoms with Gasteiger partial charge in [0, 0.05) is 17.3 Å². The Bertz CT molecular complexity index is 615. The van der Waals surface area contributed by atoms with E-state index < -0.39 is 17.7 Å². The molecule has 1 amide bonds. The normalized spacial score (nSPS) is 9.62. The van der Waals surface area contributed by atoms with Gasteiger partial charge in [-0.1, -0.05) is 25.1 Å². The maximum Gasteiger partial charge on any atom is 0.307 e. The number of carbonyl (C=O) groups is 3. The number of aliphatic carboxylic acids is 1. The zero-order chi connectivity index (χ0) is 15.8. The van der Waals surface area contributed by atoms with Crippen molar-refractivity contribution in [1.82, 2.24) is 10.4 Å². The third-order valence-corrected chi connectivity index (χ3v) is 2.58. The van der Waals surface area contributed by atoms with Crippen LogP contribution in [-0.4, -0.2) is 27.8 Å². The van der Waals surface area contributed by atoms with Gasteiger partial charge in [0.25, 0.3) is 5.78 Å². The number of Topliss-reactive ketones (excluding diaryl/α,β-unsaturated/α-hetero) is 1. The smallest absolute Gasteiger partial charge is 0.307 e. The molecule has 2 aromatic rings. The second-order valence-electron chi connectivity index (χ2n) is 4.22. The fourth-order valence-electron chi connectivity index (χ4n) is 1.60. The maximum atomic E-state index is 11.4. The molecule has 0 radical (unpaired) electrons. The molecule has 0 spiro atoms. The molecule has 21 heavy (non-hydrogen) atoms. The van der Waals surface area contributed by atoms with Gasteiger partial charge in [-0.2, -0.15) is 0 Å². The molecular formula is C14H17N3O4. The molecule has 7 heteroatoms. The van der Waals surface area contributed by atoms with Crippen molar-refractivity contribution in [3.05, 3.63) is 36.0 Å². The number of para-hydroxylation sites is 1. The van der Waals surface area contributed by atoms with Crippen LogP contribution in [0.15, 0.2) is 30.3 Å². The highest BCUT2D eigenvalue weighted by molar-refractivity contribution is 6.42. The van der Waals surface area contributed by atoms with Gasteiger partial charge in [0.2, 0.25) is 0 Å². The molecule has 1 aromatic heterocycles. The largest absolute Gasteiger partial charge is 0.481 e. The minimum Gasteiger partial charge on any atom is -0.481 e. The lowest BCUT2D eigenvalue weighted by atomic mass is 10.2. The van der Waals surface area contributed by atoms with E-state index in [0.29, 0.717) is 6.42 Å². The second-order valence-corrected chi connectivity index (χ2v) is 4.22. The topological polar surface area (TPSA) is 125 Å². The lowest BCUT2D eigenvalue weighted by molar-refractivity contribution is -0.137. The number of aromatic amines is 1. The van der Waals surface area contributed by atoms with E-state index in [1.54, 1.807) is 11.5 Å². The average molecular weight is 291 g/mol. The summed E-state index contributed by atoms with van der Waals surface area (Å²) in [6, 6.07) is 8.99. The van der Waals surface area contributed by atoms with Gasteiger partial charge in [0.05, 0.1) is 5.69 Å². The van der Waals surface area contributed by atoms with Gasteiger partial charge in [-0.15, -0.1) is 0 Å². The number of nitrogens with one attached hydrogen (secondary N) is 2. The number of carbonyl (C=O) groups excluding carboxylic acids is 2. The molecule has 0 unspecified atom stereocenters. The van der Waals surface area contributed by atoms with E-state index in [1.807, 2.05) is 31.2 Å². The minimum atomic E-state index is -0.832. The summed E-state index contributed by atoms with van der Waals surface area (Å²) in [7, 11) is 0. The summed E-state index contributed by atoms with van der Waals surface area (Å²) < 4.78 is 0. The van der Waals surface area contributed by atoms with Crippen LogP contribution in [0.5, 0.6) is 0 Å². The molecule has 0 bridgehead atoms. The molecule has 0 atom stereocenters. The van der Waals surface area contributed by atoms with Crippen LogP contribution in [0, 0.1) is 0 Å². The van der Waals surface area contributed by atoms with Crippen LogP contribution in [0.4, 0.5) is 0 Å². The Morgan fingerprint density at radius 3 is 2.43 bits per heavy atom. The van der Waals surface area contributed by atoms with Gasteiger partial charge < -0.3 is 10.1 Å². The molecule has 7 nitrogen and oxygen atoms in total. The average Bonchev–Trinajstić information content (AvgIpc) is 2.90. The van der Waals surface area contributed by atoms with E-state index in [9.17, 15) is 14.4 Å². The van der Waals surface area contributed by atoms with Crippen molar-refractivity contribution in [2.45, 2.75) is 19.8 Å². The standard InChI is InChI=1S/C10H9N3O2.C4H8O2/c11-13-10(15)9(14)8-5-6-3-1-2-4-7(6)12-8;1-2-3-4(5)6/h1-5,12H,11H2,(H,13,15);2-3H2,1H3,(H,5,6). The fourth-order valence-corrected chi connectivity index (χ4v) is 1.60. The Kier molecular flexibility index (Phi) is 6.09. The van der Waals surface area contributed by atoms with E-state index in [2.05, 4.69) is 4.98 Å². The number of hydrogen-bond acceptors (Lipinski definition) is 4. The monoisotopic (exact) mass is 291 g/mol. The molecule has 1 heterocycles. The number of H-pyrrole nitrogens is 1. The van der Waals surface area contributed by atoms with Crippen LogP contribution in [0.3, 0.4) is 0 Å². The number of aromatic nitrogens is 1. The van der Waals surface area contributed by atoms with Crippen molar-refractivity contribution in [3.8, 4) is 0 Å². The lowest BCUT2D eigenvalue weighted by Gasteiger charge is -1.94. The fraction of sp³-hybridized carbons (Fsp3) is 0.214. The maximum absolute atomic E-state index is 11.4. The van der Waals surface area contributed by atoms with Gasteiger partial charge in [0.15, 0.2) is 0 Å². The summed E-state index contributed by atoms with van der Waals surface area (Å²) in [6.07, 6.45) is 1.02. The van der Waals surface area contributed by atoms with E-state index >= 15 is 0 Å². The quantitative estimate of drug-likeness (QED) is 0.221. The first-order valence-electron chi connectivity index (χ1n) is 6.34. The number of carboxylic acid groups (broad SMARTS) is 1. The Labute approximate surface area is 121 Å². The van der Waals surface area contributed by atoms with Crippen LogP contribution in [-0.2, 0) is 9.59 Å². The zero-order valence-electron chi connectivity index (χ0n) is 11.6. The summed E-state index contributed by atoms with van der Waals surface area (Å²) in [5.41, 5.74) is 2.85. The Hall–Kier alpha value is -2.67. The zero-order valence-corrected chi connectivity index (χ0v) is 11.6. The first-order chi connectivity index (χ1) is 9.99. The van der Waals surface area contributed by atoms with Gasteiger partial charge in [-0.25, -0.2) is 5.84 Å². The number of rotatable bonds is 4. The summed E-state index contributed by atoms with van der Waals surface area (Å²) in [4.78, 5) is 34.8. The van der Waals surface area contributed by atoms with Crippen molar-refractivity contribution < 1.29 is 19.5 Å². The highest BCUT2D eigenvalue weighted by atomic mass is 16.4. The SMILES string of the molecule is CCCC(=O)O.NNC(=O)C(=O)c1cc2ccccc2[nH]1. The molecular weight excluding hydrogens is 274 g/mol. The highest BCUT2D eigenvalue weighted by Crippen LogP contribution is 2.14. The number of hydrogen-bond donors (Lipinski definition) is 4. The van der Waals surface area contributed by atoms with Gasteiger partial charge in [-0.3, -0.25) is 19.8 Å². The van der Waals surface area contributed by atoms with Crippen molar-refractivity contribution >= 4 is 28.6 Å². The summed E-state index contributed by atoms with van der Waals surface area (Å²) in [5.74, 6) is 2.66. The third-order valence-electron chi connectivity index (χ3n) is 2.58. The second kappa shape index (κ2) is 7.81. The molecule has 1 aromatic carbocycles. The third kappa shape index (κ3) is 4.73. The molecule has 0 fully saturated rings. The first-order valence-corrected chi connectivity index (χ1v) is 6.34. The van der Waals surface area contributed by atoms with Crippen molar-refractivity contribution in [2.24, 2.45) is 5.84 Å². The van der Waals surface area contributed by atoms with Crippen molar-refractivity contribution in [3.63, 3.8) is 0 Å². The van der Waals surface area contributed by atoms with Crippen LogP contribution < -0.4 is 11.3 Å². The molecule has 112 valence electrons. The highest BCUT2D eigenvalue weighted by Gasteiger charge is 2.16. The van der Waals surface area contributed by atoms with E-state index in [-0.39, 0.29) is 5.69 Å². The van der Waals surface area contributed by atoms with Gasteiger partial charge >= 0.3 is 11.9 Å². The predicted octanol–water partition coefficient (Wildman–Crippen LogP) is 1.21. The number of carboxylic acids is 1. The molecule has 0 aliphatic carbocycles. The minimum absolute atomic E-state index is 0.235. The van der Waals surface area contributed by atoms with E-state index in [1.165, 1.54) is 0 Å². The number of amides is 1. The molecule has 2 rings (SSSR count). The number of fused-ring (bicyclic) bond motifs is 1. The number of hydrazine groups is 1. The number of benzene rings is 1. The van der Waals surface area contributed by atoms with Crippen LogP contribution >= 0.6 is 0 Å². The predicted molar refractivity (Wildman–Crippen MR) is 77.5 cm³/mol. The summed E-state index contributed by atoms with van der Waals surface area (Å²) >= 11 is 0. The lowest BCUT2D eigenvalue weighted by Crippen LogP contribution is -2.36. The molecule has 0 aliphatic rings. The molecule has 5 N–H and O–H groups in total. The molecule has 0 saturated heterocycles. The first kappa shape index (κ1) is 16.4. The molecule has 0 aliphatic heterocycles. The van der Waals surface area contributed by atoms with Crippen molar-refractivity contribution in [1.29, 1.82) is 0 Å². The van der Waals surface area contributed by atoms with Gasteiger partial charge in [0.1, 0.15) is 0 Å². The Morgan fingerprint density at radius 2 is 1.95 bits per heavy atom. The van der Waals surface area contributed by atoms with Crippen LogP contribution in [0.2, 0.25) is 0 Å².